The summed E-state index contributed by atoms with van der Waals surface area (Å²) in [6, 6.07) is 2.25. The van der Waals surface area contributed by atoms with Gasteiger partial charge in [0.15, 0.2) is 0 Å². The number of hydrogen-bond acceptors (Lipinski definition) is 2. The second-order valence-electron chi connectivity index (χ2n) is 6.36. The molecule has 3 heteroatoms. The molecule has 3 atom stereocenters. The fraction of sp³-hybridized carbons (Fsp3) is 0.812. The van der Waals surface area contributed by atoms with E-state index in [1.54, 1.807) is 0 Å². The maximum Gasteiger partial charge on any atom is 0.0624 e. The molecule has 1 aliphatic rings. The molecule has 0 saturated heterocycles. The van der Waals surface area contributed by atoms with Crippen LogP contribution in [0, 0.1) is 11.8 Å². The van der Waals surface area contributed by atoms with Crippen molar-refractivity contribution >= 4 is 0 Å². The Morgan fingerprint density at radius 2 is 2.16 bits per heavy atom. The van der Waals surface area contributed by atoms with Crippen molar-refractivity contribution < 1.29 is 0 Å². The van der Waals surface area contributed by atoms with Gasteiger partial charge < -0.3 is 5.73 Å². The molecule has 0 spiro atoms. The first-order chi connectivity index (χ1) is 9.00. The van der Waals surface area contributed by atoms with E-state index < -0.39 is 0 Å². The molecule has 2 rings (SSSR count). The highest BCUT2D eigenvalue weighted by Crippen LogP contribution is 2.38. The minimum Gasteiger partial charge on any atom is -0.324 e. The number of aromatic nitrogens is 2. The number of nitrogens with zero attached hydrogens (tertiary/aromatic N) is 2. The molecule has 1 heterocycles. The summed E-state index contributed by atoms with van der Waals surface area (Å²) in [6.45, 7) is 9.94. The summed E-state index contributed by atoms with van der Waals surface area (Å²) in [5, 5.41) is 4.65. The van der Waals surface area contributed by atoms with Gasteiger partial charge in [-0.3, -0.25) is 4.68 Å². The van der Waals surface area contributed by atoms with E-state index in [1.165, 1.54) is 24.2 Å². The average molecular weight is 263 g/mol. The lowest BCUT2D eigenvalue weighted by molar-refractivity contribution is 0.141. The molecule has 0 aliphatic heterocycles. The smallest absolute Gasteiger partial charge is 0.0624 e. The van der Waals surface area contributed by atoms with Gasteiger partial charge in [-0.2, -0.15) is 5.10 Å². The van der Waals surface area contributed by atoms with Crippen LogP contribution in [0.15, 0.2) is 6.07 Å². The van der Waals surface area contributed by atoms with E-state index in [1.807, 2.05) is 0 Å². The fourth-order valence-corrected chi connectivity index (χ4v) is 3.49. The van der Waals surface area contributed by atoms with Crippen LogP contribution in [0.25, 0.3) is 0 Å². The number of hydrogen-bond donors (Lipinski definition) is 1. The third-order valence-corrected chi connectivity index (χ3v) is 5.15. The number of nitrogens with two attached hydrogens (primary N) is 1. The van der Waals surface area contributed by atoms with Gasteiger partial charge in [0.25, 0.3) is 0 Å². The quantitative estimate of drug-likeness (QED) is 0.907. The van der Waals surface area contributed by atoms with E-state index in [9.17, 15) is 0 Å². The number of rotatable bonds is 4. The zero-order valence-electron chi connectivity index (χ0n) is 12.9. The lowest BCUT2D eigenvalue weighted by Gasteiger charge is -2.43. The fourth-order valence-electron chi connectivity index (χ4n) is 3.49. The van der Waals surface area contributed by atoms with Crippen molar-refractivity contribution in [1.29, 1.82) is 0 Å². The molecule has 0 aromatic carbocycles. The van der Waals surface area contributed by atoms with Gasteiger partial charge in [0.1, 0.15) is 0 Å². The minimum atomic E-state index is -0.0460. The van der Waals surface area contributed by atoms with Crippen LogP contribution >= 0.6 is 0 Å². The van der Waals surface area contributed by atoms with Gasteiger partial charge in [-0.15, -0.1) is 0 Å². The third kappa shape index (κ3) is 2.86. The third-order valence-electron chi connectivity index (χ3n) is 5.15. The Morgan fingerprint density at radius 3 is 2.79 bits per heavy atom. The monoisotopic (exact) mass is 263 g/mol. The van der Waals surface area contributed by atoms with Crippen LogP contribution in [0.1, 0.15) is 58.3 Å². The van der Waals surface area contributed by atoms with E-state index in [0.717, 1.165) is 31.7 Å². The largest absolute Gasteiger partial charge is 0.324 e. The Balaban J connectivity index is 2.21. The summed E-state index contributed by atoms with van der Waals surface area (Å²) in [4.78, 5) is 0. The zero-order chi connectivity index (χ0) is 14.0. The van der Waals surface area contributed by atoms with Crippen LogP contribution in [0.3, 0.4) is 0 Å². The molecule has 0 radical (unpaired) electrons. The number of aryl methyl sites for hydroxylation is 2. The van der Waals surface area contributed by atoms with Crippen molar-refractivity contribution in [2.24, 2.45) is 17.6 Å². The summed E-state index contributed by atoms with van der Waals surface area (Å²) in [5.74, 6) is 1.33. The van der Waals surface area contributed by atoms with Gasteiger partial charge in [-0.05, 0) is 37.7 Å². The van der Waals surface area contributed by atoms with Gasteiger partial charge in [0, 0.05) is 24.2 Å². The van der Waals surface area contributed by atoms with Crippen LogP contribution < -0.4 is 5.73 Å². The van der Waals surface area contributed by atoms with Gasteiger partial charge in [0.05, 0.1) is 5.69 Å². The van der Waals surface area contributed by atoms with Gasteiger partial charge in [-0.1, -0.05) is 33.6 Å². The van der Waals surface area contributed by atoms with E-state index in [0.29, 0.717) is 5.92 Å². The molecule has 19 heavy (non-hydrogen) atoms. The molecule has 1 fully saturated rings. The highest BCUT2D eigenvalue weighted by molar-refractivity contribution is 5.15. The molecule has 1 aromatic heterocycles. The van der Waals surface area contributed by atoms with Crippen LogP contribution in [-0.2, 0) is 19.4 Å². The lowest BCUT2D eigenvalue weighted by atomic mass is 9.67. The lowest BCUT2D eigenvalue weighted by Crippen LogP contribution is -2.52. The topological polar surface area (TPSA) is 43.8 Å². The molecule has 2 N–H and O–H groups in total. The molecule has 1 aliphatic carbocycles. The maximum atomic E-state index is 6.76. The van der Waals surface area contributed by atoms with Crippen LogP contribution in [-0.4, -0.2) is 15.3 Å². The van der Waals surface area contributed by atoms with E-state index in [4.69, 9.17) is 5.73 Å². The van der Waals surface area contributed by atoms with Gasteiger partial charge >= 0.3 is 0 Å². The Bertz CT molecular complexity index is 424. The van der Waals surface area contributed by atoms with E-state index >= 15 is 0 Å². The first-order valence-corrected chi connectivity index (χ1v) is 7.84. The molecule has 1 aromatic rings. The summed E-state index contributed by atoms with van der Waals surface area (Å²) in [5.41, 5.74) is 9.23. The van der Waals surface area contributed by atoms with Crippen LogP contribution in [0.2, 0.25) is 0 Å². The molecular weight excluding hydrogens is 234 g/mol. The Morgan fingerprint density at radius 1 is 1.42 bits per heavy atom. The molecule has 1 saturated carbocycles. The second kappa shape index (κ2) is 5.66. The normalized spacial score (nSPS) is 31.6. The highest BCUT2D eigenvalue weighted by atomic mass is 15.3. The first-order valence-electron chi connectivity index (χ1n) is 7.84. The average Bonchev–Trinajstić information content (AvgIpc) is 2.78. The van der Waals surface area contributed by atoms with Crippen molar-refractivity contribution in [1.82, 2.24) is 9.78 Å². The molecule has 0 amide bonds. The Labute approximate surface area is 117 Å². The van der Waals surface area contributed by atoms with Gasteiger partial charge in [-0.25, -0.2) is 0 Å². The minimum absolute atomic E-state index is 0.0460. The standard InChI is InChI=1S/C16H29N3/c1-5-14-10-15(19(6-2)18-14)11-16(17)9-7-8-12(3)13(16)4/h10,12-13H,5-9,11,17H2,1-4H3. The molecule has 3 nitrogen and oxygen atoms in total. The van der Waals surface area contributed by atoms with Crippen molar-refractivity contribution in [3.63, 3.8) is 0 Å². The van der Waals surface area contributed by atoms with Crippen molar-refractivity contribution in [2.75, 3.05) is 0 Å². The SMILES string of the molecule is CCc1cc(CC2(N)CCCC(C)C2C)n(CC)n1. The molecule has 3 unspecified atom stereocenters. The van der Waals surface area contributed by atoms with Crippen molar-refractivity contribution in [3.8, 4) is 0 Å². The summed E-state index contributed by atoms with van der Waals surface area (Å²) >= 11 is 0. The molecule has 0 bridgehead atoms. The van der Waals surface area contributed by atoms with Crippen LogP contribution in [0.4, 0.5) is 0 Å². The predicted molar refractivity (Wildman–Crippen MR) is 80.1 cm³/mol. The Kier molecular flexibility index (Phi) is 4.34. The molecule has 108 valence electrons. The second-order valence-corrected chi connectivity index (χ2v) is 6.36. The van der Waals surface area contributed by atoms with Gasteiger partial charge in [0.2, 0.25) is 0 Å². The molecular formula is C16H29N3. The summed E-state index contributed by atoms with van der Waals surface area (Å²) < 4.78 is 2.14. The van der Waals surface area contributed by atoms with Crippen molar-refractivity contribution in [3.05, 3.63) is 17.5 Å². The summed E-state index contributed by atoms with van der Waals surface area (Å²) in [6.07, 6.45) is 5.72. The van der Waals surface area contributed by atoms with Crippen molar-refractivity contribution in [2.45, 2.75) is 71.9 Å². The zero-order valence-corrected chi connectivity index (χ0v) is 12.9. The predicted octanol–water partition coefficient (Wildman–Crippen LogP) is 3.16. The Hall–Kier alpha value is -0.830. The van der Waals surface area contributed by atoms with Crippen LogP contribution in [0.5, 0.6) is 0 Å². The summed E-state index contributed by atoms with van der Waals surface area (Å²) in [7, 11) is 0. The highest BCUT2D eigenvalue weighted by Gasteiger charge is 2.38. The van der Waals surface area contributed by atoms with E-state index in [-0.39, 0.29) is 5.54 Å². The maximum absolute atomic E-state index is 6.76. The first kappa shape index (κ1) is 14.6. The van der Waals surface area contributed by atoms with E-state index in [2.05, 4.69) is 43.5 Å².